The number of hydrogen-bond donors (Lipinski definition) is 1. The van der Waals surface area contributed by atoms with Gasteiger partial charge in [-0.3, -0.25) is 10.1 Å². The quantitative estimate of drug-likeness (QED) is 0.654. The topological polar surface area (TPSA) is 55.2 Å². The van der Waals surface area contributed by atoms with Crippen molar-refractivity contribution in [3.8, 4) is 0 Å². The highest BCUT2D eigenvalue weighted by atomic mass is 16.6. The van der Waals surface area contributed by atoms with Crippen LogP contribution in [0, 0.1) is 24.0 Å². The van der Waals surface area contributed by atoms with Crippen LogP contribution in [0.5, 0.6) is 0 Å². The molecule has 0 saturated heterocycles. The van der Waals surface area contributed by atoms with Crippen molar-refractivity contribution in [3.63, 3.8) is 0 Å². The van der Waals surface area contributed by atoms with Crippen molar-refractivity contribution in [1.82, 2.24) is 0 Å². The van der Waals surface area contributed by atoms with Gasteiger partial charge in [-0.1, -0.05) is 31.2 Å². The van der Waals surface area contributed by atoms with E-state index in [0.717, 1.165) is 17.5 Å². The first-order valence-corrected chi connectivity index (χ1v) is 7.09. The molecule has 0 saturated carbocycles. The van der Waals surface area contributed by atoms with E-state index in [2.05, 4.69) is 24.4 Å². The summed E-state index contributed by atoms with van der Waals surface area (Å²) in [5.74, 6) is 0. The van der Waals surface area contributed by atoms with Gasteiger partial charge in [0.1, 0.15) is 5.69 Å². The molecule has 0 spiro atoms. The van der Waals surface area contributed by atoms with Crippen LogP contribution in [0.25, 0.3) is 0 Å². The molecule has 110 valence electrons. The molecular weight excluding hydrogens is 264 g/mol. The summed E-state index contributed by atoms with van der Waals surface area (Å²) in [6.07, 6.45) is 0.951. The largest absolute Gasteiger partial charge is 0.375 e. The van der Waals surface area contributed by atoms with E-state index in [1.165, 1.54) is 11.1 Å². The summed E-state index contributed by atoms with van der Waals surface area (Å²) in [4.78, 5) is 10.9. The first-order valence-electron chi connectivity index (χ1n) is 7.09. The fourth-order valence-corrected chi connectivity index (χ4v) is 2.36. The van der Waals surface area contributed by atoms with Crippen molar-refractivity contribution in [1.29, 1.82) is 0 Å². The average molecular weight is 284 g/mol. The average Bonchev–Trinajstić information content (AvgIpc) is 2.48. The van der Waals surface area contributed by atoms with Crippen LogP contribution in [0.1, 0.15) is 29.2 Å². The van der Waals surface area contributed by atoms with Crippen LogP contribution in [0.15, 0.2) is 36.4 Å². The zero-order valence-corrected chi connectivity index (χ0v) is 12.6. The lowest BCUT2D eigenvalue weighted by Crippen LogP contribution is -2.05. The molecule has 4 heteroatoms. The highest BCUT2D eigenvalue weighted by molar-refractivity contribution is 5.64. The van der Waals surface area contributed by atoms with Gasteiger partial charge in [0.2, 0.25) is 0 Å². The summed E-state index contributed by atoms with van der Waals surface area (Å²) in [7, 11) is 0. The van der Waals surface area contributed by atoms with Gasteiger partial charge in [-0.2, -0.15) is 0 Å². The first-order chi connectivity index (χ1) is 10.0. The Balaban J connectivity index is 2.27. The lowest BCUT2D eigenvalue weighted by atomic mass is 10.0. The summed E-state index contributed by atoms with van der Waals surface area (Å²) >= 11 is 0. The van der Waals surface area contributed by atoms with Crippen molar-refractivity contribution in [2.75, 3.05) is 5.32 Å². The summed E-state index contributed by atoms with van der Waals surface area (Å²) < 4.78 is 0. The van der Waals surface area contributed by atoms with Crippen LogP contribution >= 0.6 is 0 Å². The van der Waals surface area contributed by atoms with Crippen molar-refractivity contribution < 1.29 is 4.92 Å². The SMILES string of the molecule is CCc1ccccc1CNc1cc(C)c(C)cc1[N+](=O)[O-]. The maximum Gasteiger partial charge on any atom is 0.292 e. The van der Waals surface area contributed by atoms with Crippen LogP contribution in [0.4, 0.5) is 11.4 Å². The number of nitro groups is 1. The zero-order chi connectivity index (χ0) is 15.4. The number of nitrogens with one attached hydrogen (secondary N) is 1. The third-order valence-electron chi connectivity index (χ3n) is 3.78. The number of benzene rings is 2. The number of hydrogen-bond acceptors (Lipinski definition) is 3. The van der Waals surface area contributed by atoms with E-state index in [-0.39, 0.29) is 10.6 Å². The minimum Gasteiger partial charge on any atom is -0.375 e. The maximum atomic E-state index is 11.2. The number of aryl methyl sites for hydroxylation is 3. The Kier molecular flexibility index (Phi) is 4.58. The van der Waals surface area contributed by atoms with Crippen molar-refractivity contribution >= 4 is 11.4 Å². The van der Waals surface area contributed by atoms with Gasteiger partial charge in [0.25, 0.3) is 5.69 Å². The minimum absolute atomic E-state index is 0.132. The van der Waals surface area contributed by atoms with Gasteiger partial charge in [0, 0.05) is 12.6 Å². The molecule has 4 nitrogen and oxygen atoms in total. The fourth-order valence-electron chi connectivity index (χ4n) is 2.36. The van der Waals surface area contributed by atoms with E-state index in [0.29, 0.717) is 12.2 Å². The van der Waals surface area contributed by atoms with Crippen LogP contribution in [0.3, 0.4) is 0 Å². The first kappa shape index (κ1) is 15.0. The van der Waals surface area contributed by atoms with Gasteiger partial charge in [-0.25, -0.2) is 0 Å². The number of anilines is 1. The molecule has 0 aliphatic heterocycles. The number of nitro benzene ring substituents is 1. The maximum absolute atomic E-state index is 11.2. The molecule has 0 aliphatic rings. The molecule has 0 unspecified atom stereocenters. The van der Waals surface area contributed by atoms with Gasteiger partial charge in [0.15, 0.2) is 0 Å². The van der Waals surface area contributed by atoms with E-state index in [1.54, 1.807) is 6.07 Å². The van der Waals surface area contributed by atoms with E-state index < -0.39 is 0 Å². The van der Waals surface area contributed by atoms with Crippen molar-refractivity contribution in [2.24, 2.45) is 0 Å². The Morgan fingerprint density at radius 1 is 1.10 bits per heavy atom. The molecule has 2 aromatic carbocycles. The normalized spacial score (nSPS) is 10.4. The summed E-state index contributed by atoms with van der Waals surface area (Å²) in [5, 5.41) is 14.4. The monoisotopic (exact) mass is 284 g/mol. The molecule has 0 amide bonds. The second kappa shape index (κ2) is 6.39. The molecular formula is C17H20N2O2. The minimum atomic E-state index is -0.333. The molecule has 1 N–H and O–H groups in total. The van der Waals surface area contributed by atoms with Crippen LogP contribution in [0.2, 0.25) is 0 Å². The van der Waals surface area contributed by atoms with E-state index in [4.69, 9.17) is 0 Å². The molecule has 0 aromatic heterocycles. The second-order valence-electron chi connectivity index (χ2n) is 5.19. The third-order valence-corrected chi connectivity index (χ3v) is 3.78. The summed E-state index contributed by atoms with van der Waals surface area (Å²) in [5.41, 5.74) is 5.12. The van der Waals surface area contributed by atoms with E-state index in [1.807, 2.05) is 32.0 Å². The predicted molar refractivity (Wildman–Crippen MR) is 85.7 cm³/mol. The molecule has 0 fully saturated rings. The number of rotatable bonds is 5. The van der Waals surface area contributed by atoms with Gasteiger partial charge in [0.05, 0.1) is 4.92 Å². The van der Waals surface area contributed by atoms with E-state index in [9.17, 15) is 10.1 Å². The second-order valence-corrected chi connectivity index (χ2v) is 5.19. The lowest BCUT2D eigenvalue weighted by molar-refractivity contribution is -0.384. The molecule has 0 aliphatic carbocycles. The van der Waals surface area contributed by atoms with Crippen LogP contribution < -0.4 is 5.32 Å². The van der Waals surface area contributed by atoms with Gasteiger partial charge in [-0.15, -0.1) is 0 Å². The van der Waals surface area contributed by atoms with Gasteiger partial charge < -0.3 is 5.32 Å². The molecule has 0 bridgehead atoms. The Morgan fingerprint density at radius 2 is 1.71 bits per heavy atom. The molecule has 21 heavy (non-hydrogen) atoms. The standard InChI is InChI=1S/C17H20N2O2/c1-4-14-7-5-6-8-15(14)11-18-16-9-12(2)13(3)10-17(16)19(20)21/h5-10,18H,4,11H2,1-3H3. The molecule has 0 radical (unpaired) electrons. The lowest BCUT2D eigenvalue weighted by Gasteiger charge is -2.12. The third kappa shape index (κ3) is 3.40. The molecule has 0 heterocycles. The van der Waals surface area contributed by atoms with Gasteiger partial charge in [-0.05, 0) is 48.6 Å². The number of nitrogens with zero attached hydrogens (tertiary/aromatic N) is 1. The summed E-state index contributed by atoms with van der Waals surface area (Å²) in [6.45, 7) is 6.55. The molecule has 0 atom stereocenters. The predicted octanol–water partition coefficient (Wildman–Crippen LogP) is 4.39. The van der Waals surface area contributed by atoms with Gasteiger partial charge >= 0.3 is 0 Å². The summed E-state index contributed by atoms with van der Waals surface area (Å²) in [6, 6.07) is 11.6. The Morgan fingerprint density at radius 3 is 2.33 bits per heavy atom. The van der Waals surface area contributed by atoms with Crippen molar-refractivity contribution in [3.05, 3.63) is 68.8 Å². The van der Waals surface area contributed by atoms with Crippen molar-refractivity contribution in [2.45, 2.75) is 33.7 Å². The molecule has 2 aromatic rings. The molecule has 2 rings (SSSR count). The Bertz CT molecular complexity index is 666. The van der Waals surface area contributed by atoms with E-state index >= 15 is 0 Å². The smallest absolute Gasteiger partial charge is 0.292 e. The van der Waals surface area contributed by atoms with Crippen LogP contribution in [-0.2, 0) is 13.0 Å². The zero-order valence-electron chi connectivity index (χ0n) is 12.6. The fraction of sp³-hybridized carbons (Fsp3) is 0.294. The highest BCUT2D eigenvalue weighted by Crippen LogP contribution is 2.28. The highest BCUT2D eigenvalue weighted by Gasteiger charge is 2.15. The Hall–Kier alpha value is -2.36. The Labute approximate surface area is 125 Å². The van der Waals surface area contributed by atoms with Crippen LogP contribution in [-0.4, -0.2) is 4.92 Å².